The van der Waals surface area contributed by atoms with E-state index in [1.165, 1.54) is 11.1 Å². The van der Waals surface area contributed by atoms with E-state index in [9.17, 15) is 27.6 Å². The Hall–Kier alpha value is -5.74. The number of nitrogens with zero attached hydrogens (tertiary/aromatic N) is 4. The number of piperidine rings is 2. The summed E-state index contributed by atoms with van der Waals surface area (Å²) in [5, 5.41) is 11.7. The summed E-state index contributed by atoms with van der Waals surface area (Å²) in [6.45, 7) is 11.1. The lowest BCUT2D eigenvalue weighted by atomic mass is 9.86. The monoisotopic (exact) mass is 870 g/mol. The molecule has 2 saturated heterocycles. The Morgan fingerprint density at radius 3 is 2.43 bits per heavy atom. The Balaban J connectivity index is 0.974. The zero-order valence-corrected chi connectivity index (χ0v) is 36.5. The molecule has 4 N–H and O–H groups in total. The number of rotatable bonds is 14. The maximum absolute atomic E-state index is 13.4. The smallest absolute Gasteiger partial charge is 0.255 e. The van der Waals surface area contributed by atoms with E-state index in [0.717, 1.165) is 35.2 Å². The normalized spacial score (nSPS) is 17.1. The number of carbonyl (C=O) groups excluding carboxylic acids is 4. The predicted octanol–water partition coefficient (Wildman–Crippen LogP) is 6.86. The highest BCUT2D eigenvalue weighted by Crippen LogP contribution is 2.39. The maximum atomic E-state index is 13.4. The highest BCUT2D eigenvalue weighted by molar-refractivity contribution is 7.92. The quantitative estimate of drug-likeness (QED) is 0.0964. The molecule has 322 valence electrons. The fourth-order valence-electron chi connectivity index (χ4n) is 8.08. The van der Waals surface area contributed by atoms with Crippen LogP contribution in [0.25, 0.3) is 0 Å². The summed E-state index contributed by atoms with van der Waals surface area (Å²) in [5.41, 5.74) is 5.23. The molecule has 1 unspecified atom stereocenters. The molecule has 3 aliphatic heterocycles. The Labute approximate surface area is 360 Å². The number of hydrogen-bond donors (Lipinski definition) is 4. The Kier molecular flexibility index (Phi) is 12.9. The second-order valence-electron chi connectivity index (χ2n) is 16.2. The molecule has 3 aromatic carbocycles. The first-order valence-corrected chi connectivity index (χ1v) is 22.5. The van der Waals surface area contributed by atoms with Gasteiger partial charge in [0.2, 0.25) is 23.7 Å². The van der Waals surface area contributed by atoms with Crippen LogP contribution in [-0.4, -0.2) is 88.8 Å². The topological polar surface area (TPSA) is 192 Å². The molecule has 15 nitrogen and oxygen atoms in total. The van der Waals surface area contributed by atoms with Crippen LogP contribution in [0.3, 0.4) is 0 Å². The molecule has 3 aliphatic rings. The van der Waals surface area contributed by atoms with Gasteiger partial charge in [-0.1, -0.05) is 29.8 Å². The number of anilines is 5. The average molecular weight is 871 g/mol. The van der Waals surface area contributed by atoms with Gasteiger partial charge in [0.25, 0.3) is 5.91 Å². The van der Waals surface area contributed by atoms with Gasteiger partial charge in [0.05, 0.1) is 33.8 Å². The first-order valence-electron chi connectivity index (χ1n) is 20.6. The number of ether oxygens (including phenoxy) is 1. The number of nitrogens with one attached hydrogen (secondary N) is 4. The molecule has 4 aromatic rings. The van der Waals surface area contributed by atoms with Crippen molar-refractivity contribution in [2.45, 2.75) is 101 Å². The van der Waals surface area contributed by atoms with Crippen LogP contribution in [0.2, 0.25) is 5.02 Å². The molecule has 1 aromatic heterocycles. The number of aryl methyl sites for hydroxylation is 1. The number of likely N-dealkylation sites (tertiary alicyclic amines) is 1. The lowest BCUT2D eigenvalue weighted by molar-refractivity contribution is -0.137. The number of imide groups is 1. The number of amides is 4. The van der Waals surface area contributed by atoms with Crippen LogP contribution in [0, 0.1) is 6.92 Å². The van der Waals surface area contributed by atoms with Crippen LogP contribution >= 0.6 is 11.6 Å². The minimum atomic E-state index is -3.59. The Morgan fingerprint density at radius 2 is 1.70 bits per heavy atom. The molecule has 17 heteroatoms. The van der Waals surface area contributed by atoms with Crippen LogP contribution < -0.4 is 26.0 Å². The Morgan fingerprint density at radius 1 is 0.967 bits per heavy atom. The van der Waals surface area contributed by atoms with Crippen LogP contribution in [0.5, 0.6) is 5.75 Å². The molecule has 0 bridgehead atoms. The van der Waals surface area contributed by atoms with Crippen molar-refractivity contribution in [3.05, 3.63) is 88.1 Å². The third-order valence-electron chi connectivity index (χ3n) is 11.3. The lowest BCUT2D eigenvalue weighted by Crippen LogP contribution is -2.52. The van der Waals surface area contributed by atoms with Crippen molar-refractivity contribution in [2.75, 3.05) is 35.6 Å². The van der Waals surface area contributed by atoms with E-state index in [2.05, 4.69) is 37.3 Å². The van der Waals surface area contributed by atoms with Crippen molar-refractivity contribution in [2.24, 2.45) is 0 Å². The van der Waals surface area contributed by atoms with Gasteiger partial charge in [-0.15, -0.1) is 0 Å². The molecule has 2 fully saturated rings. The first kappa shape index (κ1) is 43.4. The summed E-state index contributed by atoms with van der Waals surface area (Å²) in [7, 11) is -3.59. The van der Waals surface area contributed by atoms with E-state index in [1.807, 2.05) is 37.8 Å². The molecule has 0 spiro atoms. The van der Waals surface area contributed by atoms with E-state index in [4.69, 9.17) is 16.3 Å². The van der Waals surface area contributed by atoms with Gasteiger partial charge in [0, 0.05) is 55.8 Å². The van der Waals surface area contributed by atoms with Gasteiger partial charge in [-0.2, -0.15) is 4.98 Å². The number of carbonyl (C=O) groups is 4. The van der Waals surface area contributed by atoms with E-state index in [-0.39, 0.29) is 70.8 Å². The van der Waals surface area contributed by atoms with Gasteiger partial charge in [0.1, 0.15) is 16.8 Å². The summed E-state index contributed by atoms with van der Waals surface area (Å²) < 4.78 is 32.5. The number of sulfone groups is 1. The maximum Gasteiger partial charge on any atom is 0.255 e. The number of benzene rings is 3. The van der Waals surface area contributed by atoms with Crippen molar-refractivity contribution in [1.29, 1.82) is 0 Å². The summed E-state index contributed by atoms with van der Waals surface area (Å²) in [6.07, 6.45) is 3.63. The third-order valence-corrected chi connectivity index (χ3v) is 13.8. The number of halogens is 1. The zero-order chi connectivity index (χ0) is 43.6. The van der Waals surface area contributed by atoms with E-state index < -0.39 is 27.0 Å². The van der Waals surface area contributed by atoms with Crippen molar-refractivity contribution in [3.8, 4) is 5.75 Å². The molecule has 0 aliphatic carbocycles. The predicted molar refractivity (Wildman–Crippen MR) is 233 cm³/mol. The third kappa shape index (κ3) is 9.44. The molecule has 4 amide bonds. The highest BCUT2D eigenvalue weighted by atomic mass is 35.5. The van der Waals surface area contributed by atoms with Crippen molar-refractivity contribution in [1.82, 2.24) is 25.1 Å². The second kappa shape index (κ2) is 18.1. The average Bonchev–Trinajstić information content (AvgIpc) is 3.56. The minimum Gasteiger partial charge on any atom is -0.489 e. The van der Waals surface area contributed by atoms with Gasteiger partial charge in [-0.3, -0.25) is 24.5 Å². The molecular weight excluding hydrogens is 820 g/mol. The van der Waals surface area contributed by atoms with Crippen LogP contribution in [0.1, 0.15) is 92.8 Å². The van der Waals surface area contributed by atoms with Crippen LogP contribution in [0.15, 0.2) is 65.7 Å². The molecule has 1 atom stereocenters. The number of para-hydroxylation sites is 1. The van der Waals surface area contributed by atoms with Crippen LogP contribution in [-0.2, 0) is 30.8 Å². The van der Waals surface area contributed by atoms with E-state index >= 15 is 0 Å². The first-order chi connectivity index (χ1) is 29.1. The number of aromatic nitrogens is 2. The SMILES string of the molecule is Cc1cc(Nc2ncc(Cl)c(Nc3ccccc3S(=O)(=O)C(C)C)n2)c(OC(C)C)cc1C1CCN(C(=O)CCNc2cccc3c2CN(C2CCC(=O)NC2=O)C3=O)CC1. The van der Waals surface area contributed by atoms with Crippen LogP contribution in [0.4, 0.5) is 28.8 Å². The molecular formula is C44H51ClN8O7S. The van der Waals surface area contributed by atoms with Crippen molar-refractivity contribution in [3.63, 3.8) is 0 Å². The lowest BCUT2D eigenvalue weighted by Gasteiger charge is -2.33. The molecule has 61 heavy (non-hydrogen) atoms. The fraction of sp³-hybridized carbons (Fsp3) is 0.409. The second-order valence-corrected chi connectivity index (χ2v) is 19.0. The van der Waals surface area contributed by atoms with E-state index in [1.54, 1.807) is 50.2 Å². The summed E-state index contributed by atoms with van der Waals surface area (Å²) in [5.74, 6) is 0.314. The van der Waals surface area contributed by atoms with Gasteiger partial charge in [0.15, 0.2) is 15.7 Å². The van der Waals surface area contributed by atoms with Gasteiger partial charge in [-0.05, 0) is 107 Å². The van der Waals surface area contributed by atoms with E-state index in [0.29, 0.717) is 48.7 Å². The summed E-state index contributed by atoms with van der Waals surface area (Å²) in [6, 6.07) is 15.4. The molecule has 7 rings (SSSR count). The standard InChI is InChI=1S/C44H51ClN8O7S/c1-25(2)60-37-22-30(27(5)21-35(37)49-44-47-23-32(45)41(51-44)48-34-10-6-7-12-38(34)61(58,59)26(3)4)28-16-19-52(20-17-28)40(55)15-18-46-33-11-8-9-29-31(33)24-53(43(29)57)36-13-14-39(54)50-42(36)56/h6-12,21-23,25-26,28,36,46H,13-20,24H2,1-5H3,(H,50,54,56)(H2,47,48,49,51). The van der Waals surface area contributed by atoms with Gasteiger partial charge in [-0.25, -0.2) is 13.4 Å². The molecule has 4 heterocycles. The molecule has 0 saturated carbocycles. The largest absolute Gasteiger partial charge is 0.489 e. The molecule has 0 radical (unpaired) electrons. The zero-order valence-electron chi connectivity index (χ0n) is 34.9. The highest BCUT2D eigenvalue weighted by Gasteiger charge is 2.40. The minimum absolute atomic E-state index is 0.0433. The fourth-order valence-corrected chi connectivity index (χ4v) is 9.42. The number of fused-ring (bicyclic) bond motifs is 1. The van der Waals surface area contributed by atoms with Crippen molar-refractivity contribution < 1.29 is 32.3 Å². The number of hydrogen-bond acceptors (Lipinski definition) is 12. The van der Waals surface area contributed by atoms with Gasteiger partial charge < -0.3 is 30.5 Å². The summed E-state index contributed by atoms with van der Waals surface area (Å²) in [4.78, 5) is 63.4. The summed E-state index contributed by atoms with van der Waals surface area (Å²) >= 11 is 6.50. The van der Waals surface area contributed by atoms with Crippen molar-refractivity contribution >= 4 is 73.9 Å². The van der Waals surface area contributed by atoms with Gasteiger partial charge >= 0.3 is 0 Å². The Bertz CT molecular complexity index is 2470.